The average molecular weight is 163 g/mol. The largest absolute Gasteiger partial charge is 0.314 e. The Hall–Kier alpha value is -1.36. The molecule has 0 rings (SSSR count). The van der Waals surface area contributed by atoms with Gasteiger partial charge in [-0.25, -0.2) is 0 Å². The second kappa shape index (κ2) is 5.31. The van der Waals surface area contributed by atoms with Crippen LogP contribution in [0.5, 0.6) is 0 Å². The molecule has 0 radical (unpaired) electrons. The number of allylic oxidation sites excluding steroid dienone is 3. The molecule has 0 aromatic carbocycles. The Balaban J connectivity index is 4.93. The number of nitrogens with zero attached hydrogens (tertiary/aromatic N) is 2. The maximum atomic E-state index is 5.06. The number of hydrogen-bond acceptors (Lipinski definition) is 1. The molecule has 0 saturated carbocycles. The smallest absolute Gasteiger partial charge is 0.296 e. The second-order valence-electron chi connectivity index (χ2n) is 2.75. The summed E-state index contributed by atoms with van der Waals surface area (Å²) in [6.07, 6.45) is 3.36. The first-order chi connectivity index (χ1) is 5.63. The van der Waals surface area contributed by atoms with Crippen LogP contribution >= 0.6 is 0 Å². The SMILES string of the molecule is C#[N+]C=C(C=NC)C(C)=C(C)C. The Morgan fingerprint density at radius 2 is 1.92 bits per heavy atom. The molecule has 0 aliphatic heterocycles. The van der Waals surface area contributed by atoms with Crippen LogP contribution in [-0.4, -0.2) is 13.3 Å². The van der Waals surface area contributed by atoms with Crippen LogP contribution in [0.1, 0.15) is 20.8 Å². The lowest BCUT2D eigenvalue weighted by Gasteiger charge is -1.98. The van der Waals surface area contributed by atoms with Crippen molar-refractivity contribution in [1.29, 1.82) is 0 Å². The Labute approximate surface area is 74.1 Å². The highest BCUT2D eigenvalue weighted by Gasteiger charge is 2.01. The fraction of sp³-hybridized carbons (Fsp3) is 0.400. The Morgan fingerprint density at radius 3 is 2.25 bits per heavy atom. The quantitative estimate of drug-likeness (QED) is 0.440. The van der Waals surface area contributed by atoms with Gasteiger partial charge in [0.05, 0.1) is 5.57 Å². The van der Waals surface area contributed by atoms with Gasteiger partial charge in [0.15, 0.2) is 0 Å². The molecule has 0 aromatic rings. The third-order valence-corrected chi connectivity index (χ3v) is 1.66. The second-order valence-corrected chi connectivity index (χ2v) is 2.75. The van der Waals surface area contributed by atoms with Crippen LogP contribution in [0.25, 0.3) is 4.85 Å². The van der Waals surface area contributed by atoms with Crippen LogP contribution in [0, 0.1) is 6.57 Å². The molecule has 0 bridgehead atoms. The van der Waals surface area contributed by atoms with Crippen LogP contribution in [0.4, 0.5) is 0 Å². The number of aliphatic imine (C=N–C) groups is 1. The van der Waals surface area contributed by atoms with E-state index in [9.17, 15) is 0 Å². The maximum Gasteiger partial charge on any atom is 0.314 e. The molecule has 2 heteroatoms. The maximum absolute atomic E-state index is 5.06. The van der Waals surface area contributed by atoms with E-state index in [4.69, 9.17) is 6.57 Å². The molecular weight excluding hydrogens is 148 g/mol. The molecule has 0 fully saturated rings. The summed E-state index contributed by atoms with van der Waals surface area (Å²) >= 11 is 0. The van der Waals surface area contributed by atoms with Crippen molar-refractivity contribution in [3.63, 3.8) is 0 Å². The predicted molar refractivity (Wildman–Crippen MR) is 54.9 cm³/mol. The summed E-state index contributed by atoms with van der Waals surface area (Å²) in [5.74, 6) is 0. The molecule has 0 spiro atoms. The van der Waals surface area contributed by atoms with Gasteiger partial charge in [-0.3, -0.25) is 4.99 Å². The highest BCUT2D eigenvalue weighted by atomic mass is 14.7. The molecule has 64 valence electrons. The molecular formula is C10H15N2+. The van der Waals surface area contributed by atoms with Crippen molar-refractivity contribution in [2.75, 3.05) is 7.05 Å². The van der Waals surface area contributed by atoms with Gasteiger partial charge in [-0.1, -0.05) is 5.57 Å². The first-order valence-electron chi connectivity index (χ1n) is 3.80. The number of rotatable bonds is 2. The minimum Gasteiger partial charge on any atom is -0.296 e. The molecule has 0 aromatic heterocycles. The molecule has 0 atom stereocenters. The molecule has 0 aliphatic carbocycles. The summed E-state index contributed by atoms with van der Waals surface area (Å²) in [5.41, 5.74) is 3.36. The molecule has 0 heterocycles. The van der Waals surface area contributed by atoms with Crippen LogP contribution < -0.4 is 0 Å². The van der Waals surface area contributed by atoms with Crippen molar-refractivity contribution >= 4 is 6.21 Å². The highest BCUT2D eigenvalue weighted by molar-refractivity contribution is 5.84. The predicted octanol–water partition coefficient (Wildman–Crippen LogP) is 2.89. The van der Waals surface area contributed by atoms with Crippen molar-refractivity contribution in [2.45, 2.75) is 20.8 Å². The van der Waals surface area contributed by atoms with Crippen molar-refractivity contribution in [3.8, 4) is 6.57 Å². The summed E-state index contributed by atoms with van der Waals surface area (Å²) in [6.45, 7) is 11.2. The van der Waals surface area contributed by atoms with Gasteiger partial charge in [-0.05, 0) is 31.2 Å². The zero-order valence-corrected chi connectivity index (χ0v) is 8.13. The molecule has 0 aliphatic rings. The minimum atomic E-state index is 0.958. The van der Waals surface area contributed by atoms with Crippen LogP contribution in [0.2, 0.25) is 0 Å². The van der Waals surface area contributed by atoms with E-state index in [1.54, 1.807) is 19.5 Å². The highest BCUT2D eigenvalue weighted by Crippen LogP contribution is 2.11. The van der Waals surface area contributed by atoms with E-state index in [1.807, 2.05) is 20.8 Å². The molecule has 12 heavy (non-hydrogen) atoms. The van der Waals surface area contributed by atoms with Gasteiger partial charge in [0, 0.05) is 13.3 Å². The van der Waals surface area contributed by atoms with E-state index in [-0.39, 0.29) is 0 Å². The zero-order valence-electron chi connectivity index (χ0n) is 8.13. The molecule has 0 N–H and O–H groups in total. The lowest BCUT2D eigenvalue weighted by Crippen LogP contribution is -1.89. The lowest BCUT2D eigenvalue weighted by molar-refractivity contribution is 1.27. The van der Waals surface area contributed by atoms with Crippen LogP contribution in [0.3, 0.4) is 0 Å². The molecule has 2 nitrogen and oxygen atoms in total. The fourth-order valence-corrected chi connectivity index (χ4v) is 0.735. The van der Waals surface area contributed by atoms with Gasteiger partial charge in [0.2, 0.25) is 0 Å². The third kappa shape index (κ3) is 3.16. The van der Waals surface area contributed by atoms with E-state index in [0.29, 0.717) is 0 Å². The minimum absolute atomic E-state index is 0.958. The summed E-state index contributed by atoms with van der Waals surface area (Å²) in [7, 11) is 1.72. The van der Waals surface area contributed by atoms with Crippen molar-refractivity contribution in [1.82, 2.24) is 0 Å². The van der Waals surface area contributed by atoms with Crippen molar-refractivity contribution in [3.05, 3.63) is 27.8 Å². The first kappa shape index (κ1) is 10.6. The Kier molecular flexibility index (Phi) is 4.71. The Morgan fingerprint density at radius 1 is 1.33 bits per heavy atom. The third-order valence-electron chi connectivity index (χ3n) is 1.66. The van der Waals surface area contributed by atoms with Gasteiger partial charge < -0.3 is 0 Å². The van der Waals surface area contributed by atoms with E-state index in [0.717, 1.165) is 11.1 Å². The fourth-order valence-electron chi connectivity index (χ4n) is 0.735. The molecule has 0 saturated heterocycles. The Bertz CT molecular complexity index is 271. The monoisotopic (exact) mass is 163 g/mol. The number of hydrogen-bond donors (Lipinski definition) is 0. The van der Waals surface area contributed by atoms with E-state index >= 15 is 0 Å². The van der Waals surface area contributed by atoms with E-state index < -0.39 is 0 Å². The zero-order chi connectivity index (χ0) is 9.56. The van der Waals surface area contributed by atoms with Crippen molar-refractivity contribution in [2.24, 2.45) is 4.99 Å². The van der Waals surface area contributed by atoms with Crippen LogP contribution in [0.15, 0.2) is 27.9 Å². The van der Waals surface area contributed by atoms with Gasteiger partial charge in [-0.2, -0.15) is 0 Å². The summed E-state index contributed by atoms with van der Waals surface area (Å²) < 4.78 is 0. The van der Waals surface area contributed by atoms with Gasteiger partial charge in [0.25, 0.3) is 6.57 Å². The summed E-state index contributed by atoms with van der Waals surface area (Å²) in [5, 5.41) is 0. The van der Waals surface area contributed by atoms with E-state index in [2.05, 4.69) is 9.84 Å². The standard InChI is InChI=1S/C10H15N2/c1-8(2)9(3)10(6-11-4)7-12-5/h4,6-7H,1-3,5H3/q+1. The van der Waals surface area contributed by atoms with E-state index in [1.165, 1.54) is 5.57 Å². The average Bonchev–Trinajstić information content (AvgIpc) is 2.03. The van der Waals surface area contributed by atoms with Gasteiger partial charge in [0.1, 0.15) is 0 Å². The van der Waals surface area contributed by atoms with Gasteiger partial charge in [-0.15, -0.1) is 0 Å². The van der Waals surface area contributed by atoms with Crippen molar-refractivity contribution < 1.29 is 0 Å². The summed E-state index contributed by atoms with van der Waals surface area (Å²) in [4.78, 5) is 7.39. The summed E-state index contributed by atoms with van der Waals surface area (Å²) in [6, 6.07) is 0. The molecule has 0 amide bonds. The lowest BCUT2D eigenvalue weighted by atomic mass is 10.1. The normalized spacial score (nSPS) is 11.4. The van der Waals surface area contributed by atoms with Gasteiger partial charge >= 0.3 is 6.20 Å². The molecule has 0 unspecified atom stereocenters. The first-order valence-corrected chi connectivity index (χ1v) is 3.80. The van der Waals surface area contributed by atoms with Crippen LogP contribution in [-0.2, 0) is 0 Å². The topological polar surface area (TPSA) is 16.7 Å².